The van der Waals surface area contributed by atoms with E-state index in [-0.39, 0.29) is 18.6 Å². The first-order valence-electron chi connectivity index (χ1n) is 2.61. The largest absolute Gasteiger partial charge is 0.290 e. The van der Waals surface area contributed by atoms with Gasteiger partial charge < -0.3 is 0 Å². The van der Waals surface area contributed by atoms with Crippen LogP contribution in [-0.2, 0) is 9.59 Å². The van der Waals surface area contributed by atoms with Crippen molar-refractivity contribution in [1.29, 1.82) is 0 Å². The number of rotatable bonds is 2. The van der Waals surface area contributed by atoms with Gasteiger partial charge in [-0.1, -0.05) is 11.8 Å². The molecular formula is C8H5O2. The molecule has 0 N–H and O–H groups in total. The topological polar surface area (TPSA) is 34.1 Å². The highest BCUT2D eigenvalue weighted by Crippen LogP contribution is 1.76. The van der Waals surface area contributed by atoms with Crippen LogP contribution in [0, 0.1) is 24.2 Å². The van der Waals surface area contributed by atoms with E-state index in [0.717, 1.165) is 0 Å². The van der Waals surface area contributed by atoms with Gasteiger partial charge in [-0.2, -0.15) is 0 Å². The van der Waals surface area contributed by atoms with Crippen molar-refractivity contribution < 1.29 is 9.59 Å². The summed E-state index contributed by atoms with van der Waals surface area (Å²) < 4.78 is 0. The molecule has 0 bridgehead atoms. The van der Waals surface area contributed by atoms with Gasteiger partial charge in [-0.05, 0) is 5.92 Å². The molecular weight excluding hydrogens is 128 g/mol. The van der Waals surface area contributed by atoms with Crippen LogP contribution >= 0.6 is 0 Å². The van der Waals surface area contributed by atoms with Crippen LogP contribution < -0.4 is 0 Å². The van der Waals surface area contributed by atoms with Crippen LogP contribution in [0.15, 0.2) is 0 Å². The molecule has 0 saturated carbocycles. The molecule has 0 atom stereocenters. The molecule has 0 amide bonds. The Hall–Kier alpha value is -1.54. The monoisotopic (exact) mass is 133 g/mol. The van der Waals surface area contributed by atoms with Gasteiger partial charge in [-0.3, -0.25) is 9.59 Å². The predicted octanol–water partition coefficient (Wildman–Crippen LogP) is 0.0820. The smallest absolute Gasteiger partial charge is 0.217 e. The van der Waals surface area contributed by atoms with Gasteiger partial charge in [0.05, 0.1) is 12.8 Å². The maximum Gasteiger partial charge on any atom is 0.217 e. The molecule has 0 aromatic carbocycles. The Morgan fingerprint density at radius 2 is 2.20 bits per heavy atom. The van der Waals surface area contributed by atoms with Gasteiger partial charge in [-0.25, -0.2) is 0 Å². The fourth-order valence-corrected chi connectivity index (χ4v) is 0.316. The normalized spacial score (nSPS) is 6.70. The zero-order valence-corrected chi connectivity index (χ0v) is 5.31. The highest BCUT2D eigenvalue weighted by Gasteiger charge is 1.88. The zero-order valence-electron chi connectivity index (χ0n) is 5.31. The Labute approximate surface area is 59.6 Å². The number of hydrogen-bond donors (Lipinski definition) is 0. The first kappa shape index (κ1) is 8.46. The van der Waals surface area contributed by atoms with Crippen molar-refractivity contribution in [3.05, 3.63) is 0 Å². The molecule has 0 aromatic rings. The quantitative estimate of drug-likeness (QED) is 0.395. The van der Waals surface area contributed by atoms with E-state index < -0.39 is 0 Å². The van der Waals surface area contributed by atoms with Gasteiger partial charge in [-0.15, -0.1) is 6.42 Å². The molecule has 2 heteroatoms. The molecule has 0 fully saturated rings. The van der Waals surface area contributed by atoms with Crippen LogP contribution in [0.4, 0.5) is 0 Å². The summed E-state index contributed by atoms with van der Waals surface area (Å²) in [6.07, 6.45) is 6.33. The summed E-state index contributed by atoms with van der Waals surface area (Å²) in [7, 11) is 0. The highest BCUT2D eigenvalue weighted by atomic mass is 16.1. The van der Waals surface area contributed by atoms with E-state index in [1.165, 1.54) is 6.29 Å². The second-order valence-corrected chi connectivity index (χ2v) is 1.43. The third-order valence-corrected chi connectivity index (χ3v) is 0.651. The molecule has 1 radical (unpaired) electrons. The van der Waals surface area contributed by atoms with Crippen LogP contribution in [0.5, 0.6) is 0 Å². The average molecular weight is 133 g/mol. The van der Waals surface area contributed by atoms with E-state index in [9.17, 15) is 9.59 Å². The molecule has 10 heavy (non-hydrogen) atoms. The molecule has 0 rings (SSSR count). The molecule has 0 saturated heterocycles. The second kappa shape index (κ2) is 5.59. The van der Waals surface area contributed by atoms with Gasteiger partial charge in [0.2, 0.25) is 12.1 Å². The van der Waals surface area contributed by atoms with Crippen molar-refractivity contribution in [3.8, 4) is 24.2 Å². The fraction of sp³-hybridized carbons (Fsp3) is 0.250. The van der Waals surface area contributed by atoms with Crippen molar-refractivity contribution in [2.75, 3.05) is 0 Å². The molecule has 0 unspecified atom stereocenters. The summed E-state index contributed by atoms with van der Waals surface area (Å²) in [4.78, 5) is 20.0. The molecule has 49 valence electrons. The minimum Gasteiger partial charge on any atom is -0.290 e. The number of carbonyl (C=O) groups excluding carboxylic acids is 2. The van der Waals surface area contributed by atoms with Crippen LogP contribution in [-0.4, -0.2) is 12.1 Å². The molecule has 0 spiro atoms. The third-order valence-electron chi connectivity index (χ3n) is 0.651. The number of carbonyl (C=O) groups is 1. The SMILES string of the molecule is C#CCC(=O)C#CC[C]=O. The molecule has 0 aliphatic carbocycles. The van der Waals surface area contributed by atoms with E-state index in [1.54, 1.807) is 0 Å². The Balaban J connectivity index is 3.71. The lowest BCUT2D eigenvalue weighted by Crippen LogP contribution is -1.89. The summed E-state index contributed by atoms with van der Waals surface area (Å²) in [6.45, 7) is 0. The Kier molecular flexibility index (Phi) is 4.73. The Bertz CT molecular complexity index is 222. The third kappa shape index (κ3) is 4.61. The highest BCUT2D eigenvalue weighted by molar-refractivity contribution is 5.97. The number of terminal acetylenes is 1. The fourth-order valence-electron chi connectivity index (χ4n) is 0.316. The van der Waals surface area contributed by atoms with Crippen molar-refractivity contribution in [2.45, 2.75) is 12.8 Å². The first-order chi connectivity index (χ1) is 4.81. The van der Waals surface area contributed by atoms with Crippen LogP contribution in [0.1, 0.15) is 12.8 Å². The maximum absolute atomic E-state index is 10.5. The molecule has 0 aliphatic rings. The molecule has 2 nitrogen and oxygen atoms in total. The maximum atomic E-state index is 10.5. The summed E-state index contributed by atoms with van der Waals surface area (Å²) in [6, 6.07) is 0. The number of hydrogen-bond acceptors (Lipinski definition) is 2. The van der Waals surface area contributed by atoms with Crippen LogP contribution in [0.25, 0.3) is 0 Å². The van der Waals surface area contributed by atoms with Crippen molar-refractivity contribution in [1.82, 2.24) is 0 Å². The Morgan fingerprint density at radius 3 is 2.70 bits per heavy atom. The van der Waals surface area contributed by atoms with Crippen molar-refractivity contribution in [3.63, 3.8) is 0 Å². The van der Waals surface area contributed by atoms with E-state index in [2.05, 4.69) is 17.8 Å². The first-order valence-corrected chi connectivity index (χ1v) is 2.61. The second-order valence-electron chi connectivity index (χ2n) is 1.43. The minimum absolute atomic E-state index is 0.00581. The lowest BCUT2D eigenvalue weighted by molar-refractivity contribution is -0.112. The summed E-state index contributed by atoms with van der Waals surface area (Å²) >= 11 is 0. The lowest BCUT2D eigenvalue weighted by atomic mass is 10.3. The zero-order chi connectivity index (χ0) is 7.82. The van der Waals surface area contributed by atoms with Crippen LogP contribution in [0.2, 0.25) is 0 Å². The van der Waals surface area contributed by atoms with Gasteiger partial charge in [0.25, 0.3) is 0 Å². The minimum atomic E-state index is -0.335. The molecule has 0 aliphatic heterocycles. The Morgan fingerprint density at radius 1 is 1.50 bits per heavy atom. The van der Waals surface area contributed by atoms with E-state index >= 15 is 0 Å². The lowest BCUT2D eigenvalue weighted by Gasteiger charge is -1.75. The van der Waals surface area contributed by atoms with E-state index in [1.807, 2.05) is 0 Å². The standard InChI is InChI=1S/C8H5O2/c1-2-5-8(10)6-3-4-7-9/h1H,4-5H2. The van der Waals surface area contributed by atoms with Gasteiger partial charge in [0, 0.05) is 0 Å². The number of Topliss-reactive ketones (excluding diaryl/α,β-unsaturated/α-hetero) is 1. The van der Waals surface area contributed by atoms with Crippen LogP contribution in [0.3, 0.4) is 0 Å². The summed E-state index contributed by atoms with van der Waals surface area (Å²) in [5.74, 6) is 6.30. The average Bonchev–Trinajstić information content (AvgIpc) is 1.89. The van der Waals surface area contributed by atoms with E-state index in [0.29, 0.717) is 0 Å². The van der Waals surface area contributed by atoms with Crippen molar-refractivity contribution in [2.24, 2.45) is 0 Å². The van der Waals surface area contributed by atoms with Gasteiger partial charge >= 0.3 is 0 Å². The van der Waals surface area contributed by atoms with Gasteiger partial charge in [0.1, 0.15) is 0 Å². The molecule has 0 aromatic heterocycles. The summed E-state index contributed by atoms with van der Waals surface area (Å²) in [5, 5.41) is 0. The van der Waals surface area contributed by atoms with E-state index in [4.69, 9.17) is 6.42 Å². The number of ketones is 1. The van der Waals surface area contributed by atoms with Gasteiger partial charge in [0.15, 0.2) is 0 Å². The molecule has 0 heterocycles. The van der Waals surface area contributed by atoms with Crippen molar-refractivity contribution >= 4 is 12.1 Å². The predicted molar refractivity (Wildman–Crippen MR) is 36.5 cm³/mol. The summed E-state index contributed by atoms with van der Waals surface area (Å²) in [5.41, 5.74) is 0.